The Bertz CT molecular complexity index is 1910. The molecule has 0 saturated heterocycles. The summed E-state index contributed by atoms with van der Waals surface area (Å²) in [6.45, 7) is 4.17. The number of likely N-dealkylation sites (N-methyl/N-ethyl adjacent to an activating group) is 1. The van der Waals surface area contributed by atoms with Crippen molar-refractivity contribution in [3.05, 3.63) is 110 Å². The lowest BCUT2D eigenvalue weighted by Gasteiger charge is -2.18. The molecule has 0 amide bonds. The zero-order chi connectivity index (χ0) is 25.5. The third kappa shape index (κ3) is 4.15. The van der Waals surface area contributed by atoms with Crippen LogP contribution in [-0.2, 0) is 6.54 Å². The van der Waals surface area contributed by atoms with Gasteiger partial charge in [0.25, 0.3) is 0 Å². The van der Waals surface area contributed by atoms with Crippen LogP contribution in [0.25, 0.3) is 43.7 Å². The number of anilines is 1. The quantitative estimate of drug-likeness (QED) is 0.229. The van der Waals surface area contributed by atoms with Gasteiger partial charge in [0.15, 0.2) is 22.0 Å². The Morgan fingerprint density at radius 3 is 2.30 bits per heavy atom. The van der Waals surface area contributed by atoms with E-state index in [9.17, 15) is 9.59 Å². The minimum absolute atomic E-state index is 0.162. The molecule has 0 radical (unpaired) electrons. The topological polar surface area (TPSA) is 78.3 Å². The summed E-state index contributed by atoms with van der Waals surface area (Å²) < 4.78 is 6.24. The van der Waals surface area contributed by atoms with Crippen LogP contribution in [-0.4, -0.2) is 30.0 Å². The fourth-order valence-corrected chi connectivity index (χ4v) is 5.05. The van der Waals surface area contributed by atoms with E-state index in [0.29, 0.717) is 50.5 Å². The van der Waals surface area contributed by atoms with E-state index in [1.807, 2.05) is 49.4 Å². The van der Waals surface area contributed by atoms with Gasteiger partial charge >= 0.3 is 0 Å². The summed E-state index contributed by atoms with van der Waals surface area (Å²) in [6.07, 6.45) is 0. The summed E-state index contributed by atoms with van der Waals surface area (Å²) in [5, 5.41) is 5.02. The van der Waals surface area contributed by atoms with Gasteiger partial charge in [-0.3, -0.25) is 9.59 Å². The van der Waals surface area contributed by atoms with Gasteiger partial charge in [-0.05, 0) is 37.2 Å². The third-order valence-electron chi connectivity index (χ3n) is 6.88. The van der Waals surface area contributed by atoms with Gasteiger partial charge in [-0.2, -0.15) is 0 Å². The summed E-state index contributed by atoms with van der Waals surface area (Å²) in [5.41, 5.74) is 5.08. The van der Waals surface area contributed by atoms with E-state index in [2.05, 4.69) is 34.4 Å². The Hall–Kier alpha value is -4.42. The number of benzene rings is 5. The first-order chi connectivity index (χ1) is 18.0. The number of nitrogens with zero attached hydrogens (tertiary/aromatic N) is 1. The molecule has 0 bridgehead atoms. The summed E-state index contributed by atoms with van der Waals surface area (Å²) in [6, 6.07) is 25.0. The van der Waals surface area contributed by atoms with Gasteiger partial charge in [0.1, 0.15) is 0 Å². The highest BCUT2D eigenvalue weighted by atomic mass is 16.3. The molecule has 37 heavy (non-hydrogen) atoms. The number of H-pyrrole nitrogens is 1. The molecule has 0 spiro atoms. The van der Waals surface area contributed by atoms with Crippen molar-refractivity contribution in [1.82, 2.24) is 9.88 Å². The number of fused-ring (bicyclic) bond motifs is 5. The molecule has 0 saturated carbocycles. The highest BCUT2D eigenvalue weighted by Gasteiger charge is 2.19. The molecule has 1 aromatic heterocycles. The number of hydrogen-bond donors (Lipinski definition) is 2. The summed E-state index contributed by atoms with van der Waals surface area (Å²) >= 11 is 0. The number of aryl methyl sites for hydroxylation is 1. The zero-order valence-electron chi connectivity index (χ0n) is 20.8. The first kappa shape index (κ1) is 23.0. The van der Waals surface area contributed by atoms with Crippen molar-refractivity contribution >= 4 is 49.4 Å². The van der Waals surface area contributed by atoms with Crippen LogP contribution in [0.1, 0.15) is 11.1 Å². The maximum atomic E-state index is 13.8. The van der Waals surface area contributed by atoms with Gasteiger partial charge in [-0.25, -0.2) is 0 Å². The fourth-order valence-electron chi connectivity index (χ4n) is 5.05. The van der Waals surface area contributed by atoms with Crippen LogP contribution < -0.4 is 16.2 Å². The second kappa shape index (κ2) is 9.22. The van der Waals surface area contributed by atoms with E-state index < -0.39 is 0 Å². The molecule has 0 aliphatic heterocycles. The molecule has 6 nitrogen and oxygen atoms in total. The molecule has 5 aromatic carbocycles. The van der Waals surface area contributed by atoms with E-state index in [1.165, 1.54) is 5.56 Å². The van der Waals surface area contributed by atoms with Crippen molar-refractivity contribution in [3.63, 3.8) is 0 Å². The monoisotopic (exact) mass is 489 g/mol. The maximum Gasteiger partial charge on any atom is 0.196 e. The van der Waals surface area contributed by atoms with Gasteiger partial charge in [0, 0.05) is 36.5 Å². The van der Waals surface area contributed by atoms with Gasteiger partial charge < -0.3 is 19.6 Å². The minimum Gasteiger partial charge on any atom is -0.453 e. The largest absolute Gasteiger partial charge is 0.453 e. The molecule has 0 atom stereocenters. The predicted octanol–water partition coefficient (Wildman–Crippen LogP) is 5.79. The smallest absolute Gasteiger partial charge is 0.196 e. The summed E-state index contributed by atoms with van der Waals surface area (Å²) in [4.78, 5) is 33.1. The Balaban J connectivity index is 1.49. The average molecular weight is 490 g/mol. The first-order valence-electron chi connectivity index (χ1n) is 12.4. The molecule has 0 aliphatic carbocycles. The number of hydrogen-bond acceptors (Lipinski definition) is 5. The SMILES string of the molecule is Cc1ccc2oc3cc(NCCN(C)Cc4ccccc4)c4c(=O)c5ccccc5c(=O)c4c3[nH]c2c1. The normalized spacial score (nSPS) is 11.8. The molecule has 1 heterocycles. The first-order valence-corrected chi connectivity index (χ1v) is 12.4. The lowest BCUT2D eigenvalue weighted by Crippen LogP contribution is -2.25. The van der Waals surface area contributed by atoms with Crippen molar-refractivity contribution in [2.75, 3.05) is 25.5 Å². The molecule has 2 N–H and O–H groups in total. The summed E-state index contributed by atoms with van der Waals surface area (Å²) in [5.74, 6) is 0. The van der Waals surface area contributed by atoms with Crippen LogP contribution in [0.3, 0.4) is 0 Å². The standard InChI is InChI=1S/C31H27N3O3/c1-19-12-13-25-23(16-19)33-29-26(37-25)17-24(32-14-15-34(2)18-20-8-4-3-5-9-20)27-28(29)31(36)22-11-7-6-10-21(22)30(27)35/h3-13,16-17,32-33H,14-15,18H2,1-2H3. The predicted molar refractivity (Wildman–Crippen MR) is 152 cm³/mol. The van der Waals surface area contributed by atoms with E-state index in [-0.39, 0.29) is 10.9 Å². The molecule has 6 aromatic rings. The molecule has 0 fully saturated rings. The Morgan fingerprint density at radius 2 is 1.54 bits per heavy atom. The van der Waals surface area contributed by atoms with Crippen molar-refractivity contribution in [1.29, 1.82) is 0 Å². The second-order valence-electron chi connectivity index (χ2n) is 9.63. The molecule has 6 rings (SSSR count). The van der Waals surface area contributed by atoms with Gasteiger partial charge in [-0.15, -0.1) is 0 Å². The second-order valence-corrected chi connectivity index (χ2v) is 9.63. The van der Waals surface area contributed by atoms with Crippen LogP contribution in [0.5, 0.6) is 0 Å². The molecular formula is C31H27N3O3. The third-order valence-corrected chi connectivity index (χ3v) is 6.88. The zero-order valence-corrected chi connectivity index (χ0v) is 20.8. The Kier molecular flexibility index (Phi) is 5.74. The lowest BCUT2D eigenvalue weighted by molar-refractivity contribution is 0.340. The van der Waals surface area contributed by atoms with Crippen LogP contribution >= 0.6 is 0 Å². The van der Waals surface area contributed by atoms with Crippen LogP contribution in [0.15, 0.2) is 92.9 Å². The summed E-state index contributed by atoms with van der Waals surface area (Å²) in [7, 11) is 2.06. The Labute approximate surface area is 213 Å². The van der Waals surface area contributed by atoms with E-state index in [0.717, 1.165) is 24.2 Å². The number of nitrogens with one attached hydrogen (secondary N) is 2. The fraction of sp³-hybridized carbons (Fsp3) is 0.161. The van der Waals surface area contributed by atoms with Crippen LogP contribution in [0.2, 0.25) is 0 Å². The highest BCUT2D eigenvalue weighted by Crippen LogP contribution is 2.31. The highest BCUT2D eigenvalue weighted by molar-refractivity contribution is 6.14. The Morgan fingerprint density at radius 1 is 0.838 bits per heavy atom. The number of rotatable bonds is 6. The molecule has 6 heteroatoms. The van der Waals surface area contributed by atoms with Crippen molar-refractivity contribution in [3.8, 4) is 0 Å². The molecule has 0 aliphatic rings. The number of aromatic nitrogens is 1. The average Bonchev–Trinajstić information content (AvgIpc) is 2.90. The van der Waals surface area contributed by atoms with E-state index in [1.54, 1.807) is 24.3 Å². The molecule has 184 valence electrons. The lowest BCUT2D eigenvalue weighted by atomic mass is 9.99. The minimum atomic E-state index is -0.182. The maximum absolute atomic E-state index is 13.8. The van der Waals surface area contributed by atoms with Gasteiger partial charge in [0.2, 0.25) is 0 Å². The van der Waals surface area contributed by atoms with Crippen LogP contribution in [0, 0.1) is 6.92 Å². The van der Waals surface area contributed by atoms with Gasteiger partial charge in [-0.1, -0.05) is 60.7 Å². The van der Waals surface area contributed by atoms with E-state index in [4.69, 9.17) is 4.42 Å². The van der Waals surface area contributed by atoms with Gasteiger partial charge in [0.05, 0.1) is 27.5 Å². The number of aromatic amines is 1. The van der Waals surface area contributed by atoms with Crippen molar-refractivity contribution in [2.45, 2.75) is 13.5 Å². The van der Waals surface area contributed by atoms with Crippen molar-refractivity contribution < 1.29 is 4.42 Å². The van der Waals surface area contributed by atoms with Crippen molar-refractivity contribution in [2.24, 2.45) is 0 Å². The molecule has 0 unspecified atom stereocenters. The molecular weight excluding hydrogens is 462 g/mol. The van der Waals surface area contributed by atoms with E-state index >= 15 is 0 Å². The van der Waals surface area contributed by atoms with Crippen LogP contribution in [0.4, 0.5) is 5.69 Å².